The minimum absolute atomic E-state index is 0.199. The zero-order valence-electron chi connectivity index (χ0n) is 16.6. The molecule has 27 heavy (non-hydrogen) atoms. The fraction of sp³-hybridized carbons (Fsp3) is 0.810. The van der Waals surface area contributed by atoms with Crippen molar-refractivity contribution in [2.45, 2.75) is 75.8 Å². The number of aliphatic hydroxyl groups excluding tert-OH is 1. The van der Waals surface area contributed by atoms with E-state index in [1.807, 2.05) is 0 Å². The number of aliphatic hydroxyl groups is 1. The largest absolute Gasteiger partial charge is 0.394 e. The lowest BCUT2D eigenvalue weighted by Crippen LogP contribution is -2.56. The molecule has 2 N–H and O–H groups in total. The zero-order valence-corrected chi connectivity index (χ0v) is 16.6. The summed E-state index contributed by atoms with van der Waals surface area (Å²) in [6.07, 6.45) is 14.6. The highest BCUT2D eigenvalue weighted by molar-refractivity contribution is 5.50. The fourth-order valence-electron chi connectivity index (χ4n) is 5.37. The molecular formula is C21H35N5O. The smallest absolute Gasteiger partial charge is 0.134 e. The quantitative estimate of drug-likeness (QED) is 0.799. The molecule has 1 aromatic heterocycles. The van der Waals surface area contributed by atoms with Gasteiger partial charge >= 0.3 is 0 Å². The Kier molecular flexibility index (Phi) is 6.13. The Balaban J connectivity index is 1.45. The number of piperidine rings is 1. The van der Waals surface area contributed by atoms with Crippen LogP contribution in [0, 0.1) is 0 Å². The maximum Gasteiger partial charge on any atom is 0.134 e. The highest BCUT2D eigenvalue weighted by Gasteiger charge is 2.38. The van der Waals surface area contributed by atoms with Gasteiger partial charge < -0.3 is 15.3 Å². The molecule has 0 aromatic carbocycles. The maximum atomic E-state index is 9.61. The first kappa shape index (κ1) is 18.9. The van der Waals surface area contributed by atoms with Gasteiger partial charge in [-0.25, -0.2) is 9.97 Å². The lowest BCUT2D eigenvalue weighted by molar-refractivity contribution is 0.0437. The van der Waals surface area contributed by atoms with Gasteiger partial charge in [-0.2, -0.15) is 0 Å². The summed E-state index contributed by atoms with van der Waals surface area (Å²) in [5, 5.41) is 13.3. The van der Waals surface area contributed by atoms with Gasteiger partial charge in [0.05, 0.1) is 12.6 Å². The zero-order chi connectivity index (χ0) is 18.5. The van der Waals surface area contributed by atoms with Crippen LogP contribution in [0.2, 0.25) is 0 Å². The predicted octanol–water partition coefficient (Wildman–Crippen LogP) is 3.04. The number of hydrogen-bond acceptors (Lipinski definition) is 6. The van der Waals surface area contributed by atoms with Gasteiger partial charge in [-0.1, -0.05) is 25.7 Å². The summed E-state index contributed by atoms with van der Waals surface area (Å²) in [5.74, 6) is 1.87. The van der Waals surface area contributed by atoms with Crippen molar-refractivity contribution in [3.05, 3.63) is 12.4 Å². The van der Waals surface area contributed by atoms with Crippen LogP contribution >= 0.6 is 0 Å². The lowest BCUT2D eigenvalue weighted by Gasteiger charge is -2.48. The molecule has 1 aromatic rings. The number of likely N-dealkylation sites (tertiary alicyclic amines) is 1. The van der Waals surface area contributed by atoms with E-state index in [1.54, 1.807) is 6.33 Å². The van der Waals surface area contributed by atoms with Gasteiger partial charge in [-0.15, -0.1) is 0 Å². The molecule has 0 radical (unpaired) electrons. The molecule has 3 aliphatic rings. The van der Waals surface area contributed by atoms with E-state index in [1.165, 1.54) is 64.5 Å². The van der Waals surface area contributed by atoms with Crippen molar-refractivity contribution >= 4 is 11.6 Å². The molecule has 1 aliphatic carbocycles. The molecule has 150 valence electrons. The Morgan fingerprint density at radius 3 is 2.56 bits per heavy atom. The standard InChI is InChI=1S/C21H35N5O/c27-15-18-8-7-13-26(18)20-14-19(23-17-24-20)22-16-21(9-3-1-4-10-21)25-11-5-2-6-12-25/h14,17-18,27H,1-13,15-16H2,(H,22,23,24). The van der Waals surface area contributed by atoms with Gasteiger partial charge in [0.2, 0.25) is 0 Å². The van der Waals surface area contributed by atoms with Gasteiger partial charge in [0.25, 0.3) is 0 Å². The third-order valence-electron chi connectivity index (χ3n) is 6.94. The van der Waals surface area contributed by atoms with Crippen molar-refractivity contribution < 1.29 is 5.11 Å². The second kappa shape index (κ2) is 8.74. The Bertz CT molecular complexity index is 598. The molecule has 6 heteroatoms. The van der Waals surface area contributed by atoms with Crippen LogP contribution in [0.1, 0.15) is 64.2 Å². The summed E-state index contributed by atoms with van der Waals surface area (Å²) in [7, 11) is 0. The van der Waals surface area contributed by atoms with Crippen LogP contribution in [0.3, 0.4) is 0 Å². The van der Waals surface area contributed by atoms with E-state index in [9.17, 15) is 5.11 Å². The Morgan fingerprint density at radius 1 is 1.00 bits per heavy atom. The predicted molar refractivity (Wildman–Crippen MR) is 109 cm³/mol. The number of nitrogens with zero attached hydrogens (tertiary/aromatic N) is 4. The fourth-order valence-corrected chi connectivity index (χ4v) is 5.37. The van der Waals surface area contributed by atoms with Crippen molar-refractivity contribution in [2.75, 3.05) is 43.0 Å². The van der Waals surface area contributed by atoms with Gasteiger partial charge in [0, 0.05) is 24.7 Å². The summed E-state index contributed by atoms with van der Waals surface area (Å²) in [6, 6.07) is 2.27. The third kappa shape index (κ3) is 4.21. The Labute approximate surface area is 163 Å². The van der Waals surface area contributed by atoms with E-state index in [2.05, 4.69) is 31.2 Å². The second-order valence-corrected chi connectivity index (χ2v) is 8.62. The average Bonchev–Trinajstić information content (AvgIpc) is 3.23. The third-order valence-corrected chi connectivity index (χ3v) is 6.94. The number of nitrogens with one attached hydrogen (secondary N) is 1. The average molecular weight is 374 g/mol. The molecule has 2 saturated heterocycles. The number of anilines is 2. The van der Waals surface area contributed by atoms with Gasteiger partial charge in [0.1, 0.15) is 18.0 Å². The monoisotopic (exact) mass is 373 g/mol. The number of rotatable bonds is 6. The summed E-state index contributed by atoms with van der Waals surface area (Å²) in [4.78, 5) is 14.0. The highest BCUT2D eigenvalue weighted by Crippen LogP contribution is 2.36. The Hall–Kier alpha value is -1.40. The molecule has 0 bridgehead atoms. The number of hydrogen-bond donors (Lipinski definition) is 2. The van der Waals surface area contributed by atoms with Crippen LogP contribution in [0.4, 0.5) is 11.6 Å². The van der Waals surface area contributed by atoms with E-state index < -0.39 is 0 Å². The number of aromatic nitrogens is 2. The molecule has 3 heterocycles. The lowest BCUT2D eigenvalue weighted by atomic mass is 9.79. The molecule has 4 rings (SSSR count). The minimum Gasteiger partial charge on any atom is -0.394 e. The van der Waals surface area contributed by atoms with Crippen LogP contribution < -0.4 is 10.2 Å². The van der Waals surface area contributed by atoms with E-state index in [0.29, 0.717) is 5.54 Å². The molecule has 1 unspecified atom stereocenters. The van der Waals surface area contributed by atoms with Gasteiger partial charge in [-0.05, 0) is 51.6 Å². The SMILES string of the molecule is OCC1CCCN1c1cc(NCC2(N3CCCCC3)CCCCC2)ncn1. The van der Waals surface area contributed by atoms with Crippen LogP contribution in [-0.4, -0.2) is 64.3 Å². The summed E-state index contributed by atoms with van der Waals surface area (Å²) in [6.45, 7) is 4.66. The first-order valence-corrected chi connectivity index (χ1v) is 11.0. The van der Waals surface area contributed by atoms with Crippen molar-refractivity contribution in [1.29, 1.82) is 0 Å². The maximum absolute atomic E-state index is 9.61. The Morgan fingerprint density at radius 2 is 1.78 bits per heavy atom. The van der Waals surface area contributed by atoms with Gasteiger partial charge in [-0.3, -0.25) is 4.90 Å². The van der Waals surface area contributed by atoms with Crippen LogP contribution in [0.5, 0.6) is 0 Å². The molecule has 1 atom stereocenters. The molecule has 2 aliphatic heterocycles. The molecule has 1 saturated carbocycles. The van der Waals surface area contributed by atoms with Crippen molar-refractivity contribution in [3.8, 4) is 0 Å². The van der Waals surface area contributed by atoms with Gasteiger partial charge in [0.15, 0.2) is 0 Å². The van der Waals surface area contributed by atoms with E-state index in [4.69, 9.17) is 0 Å². The molecule has 3 fully saturated rings. The van der Waals surface area contributed by atoms with E-state index in [0.717, 1.165) is 37.6 Å². The molecule has 0 spiro atoms. The van der Waals surface area contributed by atoms with Crippen LogP contribution in [0.15, 0.2) is 12.4 Å². The van der Waals surface area contributed by atoms with Crippen LogP contribution in [-0.2, 0) is 0 Å². The van der Waals surface area contributed by atoms with E-state index in [-0.39, 0.29) is 12.6 Å². The van der Waals surface area contributed by atoms with Crippen molar-refractivity contribution in [2.24, 2.45) is 0 Å². The summed E-state index contributed by atoms with van der Waals surface area (Å²) < 4.78 is 0. The van der Waals surface area contributed by atoms with Crippen molar-refractivity contribution in [1.82, 2.24) is 14.9 Å². The normalized spacial score (nSPS) is 26.3. The first-order chi connectivity index (χ1) is 13.3. The second-order valence-electron chi connectivity index (χ2n) is 8.62. The minimum atomic E-state index is 0.199. The van der Waals surface area contributed by atoms with Crippen LogP contribution in [0.25, 0.3) is 0 Å². The van der Waals surface area contributed by atoms with Crippen molar-refractivity contribution in [3.63, 3.8) is 0 Å². The topological polar surface area (TPSA) is 64.5 Å². The summed E-state index contributed by atoms with van der Waals surface area (Å²) in [5.41, 5.74) is 0.297. The molecular weight excluding hydrogens is 338 g/mol. The molecule has 0 amide bonds. The van der Waals surface area contributed by atoms with E-state index >= 15 is 0 Å². The molecule has 6 nitrogen and oxygen atoms in total. The highest BCUT2D eigenvalue weighted by atomic mass is 16.3. The first-order valence-electron chi connectivity index (χ1n) is 11.0. The summed E-state index contributed by atoms with van der Waals surface area (Å²) >= 11 is 0.